The Hall–Kier alpha value is -3.18. The second-order valence-electron chi connectivity index (χ2n) is 12.4. The van der Waals surface area contributed by atoms with E-state index in [1.807, 2.05) is 45.0 Å². The van der Waals surface area contributed by atoms with Crippen molar-refractivity contribution >= 4 is 11.9 Å². The number of pyridine rings is 1. The normalized spacial score (nSPS) is 26.5. The van der Waals surface area contributed by atoms with Crippen LogP contribution in [0.4, 0.5) is 13.2 Å². The van der Waals surface area contributed by atoms with E-state index in [2.05, 4.69) is 4.98 Å². The molecule has 0 bridgehead atoms. The largest absolute Gasteiger partial charge is 0.481 e. The Morgan fingerprint density at radius 1 is 1.12 bits per heavy atom. The number of alkyl halides is 3. The molecule has 1 saturated carbocycles. The van der Waals surface area contributed by atoms with Gasteiger partial charge in [-0.2, -0.15) is 13.2 Å². The molecule has 5 atom stereocenters. The molecule has 1 N–H and O–H groups in total. The van der Waals surface area contributed by atoms with Crippen LogP contribution in [0.1, 0.15) is 80.7 Å². The maximum atomic E-state index is 14.1. The second-order valence-corrected chi connectivity index (χ2v) is 12.4. The Balaban J connectivity index is 1.63. The predicted octanol–water partition coefficient (Wildman–Crippen LogP) is 5.75. The third kappa shape index (κ3) is 5.86. The van der Waals surface area contributed by atoms with Crippen LogP contribution in [0.3, 0.4) is 0 Å². The zero-order valence-electron chi connectivity index (χ0n) is 24.2. The minimum Gasteiger partial charge on any atom is -0.481 e. The molecule has 3 heterocycles. The van der Waals surface area contributed by atoms with E-state index in [-0.39, 0.29) is 24.0 Å². The lowest BCUT2D eigenvalue weighted by molar-refractivity contribution is -0.156. The highest BCUT2D eigenvalue weighted by Crippen LogP contribution is 2.53. The highest BCUT2D eigenvalue weighted by Gasteiger charge is 2.60. The first-order valence-electron chi connectivity index (χ1n) is 14.3. The summed E-state index contributed by atoms with van der Waals surface area (Å²) in [5, 5.41) is 10.6. The van der Waals surface area contributed by atoms with Gasteiger partial charge in [0, 0.05) is 24.3 Å². The van der Waals surface area contributed by atoms with Crippen LogP contribution in [0, 0.1) is 11.3 Å². The summed E-state index contributed by atoms with van der Waals surface area (Å²) in [6, 6.07) is 6.57. The van der Waals surface area contributed by atoms with Crippen LogP contribution < -0.4 is 4.74 Å². The molecule has 42 heavy (non-hydrogen) atoms. The van der Waals surface area contributed by atoms with Crippen molar-refractivity contribution in [3.63, 3.8) is 0 Å². The average molecular weight is 591 g/mol. The molecule has 3 aliphatic rings. The molecule has 3 fully saturated rings. The molecule has 0 radical (unpaired) electrons. The molecule has 11 heteroatoms. The van der Waals surface area contributed by atoms with Crippen LogP contribution in [0.2, 0.25) is 0 Å². The highest BCUT2D eigenvalue weighted by molar-refractivity contribution is 5.88. The molecule has 2 aromatic rings. The van der Waals surface area contributed by atoms with Gasteiger partial charge in [0.05, 0.1) is 31.4 Å². The number of aliphatic carboxylic acids is 1. The van der Waals surface area contributed by atoms with Gasteiger partial charge >= 0.3 is 12.1 Å². The van der Waals surface area contributed by atoms with Gasteiger partial charge in [-0.1, -0.05) is 45.0 Å². The van der Waals surface area contributed by atoms with Crippen LogP contribution in [-0.2, 0) is 31.8 Å². The summed E-state index contributed by atoms with van der Waals surface area (Å²) >= 11 is 0. The molecular formula is C31H37F3N2O6. The fourth-order valence-corrected chi connectivity index (χ4v) is 6.53. The van der Waals surface area contributed by atoms with Crippen LogP contribution in [-0.4, -0.2) is 58.8 Å². The lowest BCUT2D eigenvalue weighted by Crippen LogP contribution is -2.50. The maximum Gasteiger partial charge on any atom is 0.417 e. The van der Waals surface area contributed by atoms with Crippen LogP contribution >= 0.6 is 0 Å². The molecule has 8 nitrogen and oxygen atoms in total. The summed E-state index contributed by atoms with van der Waals surface area (Å²) in [6.45, 7) is 5.75. The van der Waals surface area contributed by atoms with Crippen LogP contribution in [0.15, 0.2) is 36.5 Å². The summed E-state index contributed by atoms with van der Waals surface area (Å²) in [7, 11) is 1.31. The number of nitrogens with zero attached hydrogens (tertiary/aromatic N) is 2. The Kier molecular flexibility index (Phi) is 8.28. The number of hydrogen-bond donors (Lipinski definition) is 1. The quantitative estimate of drug-likeness (QED) is 0.418. The molecule has 0 spiro atoms. The number of carbonyl (C=O) groups is 2. The number of likely N-dealkylation sites (tertiary alicyclic amines) is 1. The van der Waals surface area contributed by atoms with E-state index in [0.29, 0.717) is 25.6 Å². The summed E-state index contributed by atoms with van der Waals surface area (Å²) in [5.41, 5.74) is 0.281. The van der Waals surface area contributed by atoms with Crippen molar-refractivity contribution in [2.24, 2.45) is 11.3 Å². The molecule has 1 aromatic carbocycles. The second kappa shape index (κ2) is 11.5. The van der Waals surface area contributed by atoms with E-state index in [1.165, 1.54) is 12.0 Å². The first-order chi connectivity index (χ1) is 19.8. The van der Waals surface area contributed by atoms with Gasteiger partial charge in [0.15, 0.2) is 0 Å². The van der Waals surface area contributed by atoms with Gasteiger partial charge in [-0.3, -0.25) is 4.79 Å². The Bertz CT molecular complexity index is 1320. The van der Waals surface area contributed by atoms with Gasteiger partial charge in [0.2, 0.25) is 5.88 Å². The molecular weight excluding hydrogens is 553 g/mol. The fourth-order valence-electron chi connectivity index (χ4n) is 6.53. The summed E-state index contributed by atoms with van der Waals surface area (Å²) < 4.78 is 58.2. The van der Waals surface area contributed by atoms with Crippen molar-refractivity contribution < 1.29 is 42.1 Å². The van der Waals surface area contributed by atoms with Gasteiger partial charge in [-0.15, -0.1) is 0 Å². The SMILES string of the molecule is COc1ncc(C(F)(F)F)cc1CO[C@H]1[C@H](C(C)(C)C)[C@@H](C(=O)O)N(C(=O)[C@@H]2CCCO2)[C@H]1c1ccccc1C1CC1. The first kappa shape index (κ1) is 30.3. The third-order valence-corrected chi connectivity index (χ3v) is 8.53. The van der Waals surface area contributed by atoms with Gasteiger partial charge in [-0.05, 0) is 54.2 Å². The first-order valence-corrected chi connectivity index (χ1v) is 14.3. The summed E-state index contributed by atoms with van der Waals surface area (Å²) in [6.07, 6.45) is -2.42. The zero-order valence-corrected chi connectivity index (χ0v) is 24.2. The number of carbonyl (C=O) groups excluding carboxylic acids is 1. The monoisotopic (exact) mass is 590 g/mol. The number of methoxy groups -OCH3 is 1. The number of amides is 1. The predicted molar refractivity (Wildman–Crippen MR) is 146 cm³/mol. The molecule has 1 aliphatic carbocycles. The fraction of sp³-hybridized carbons (Fsp3) is 0.581. The van der Waals surface area contributed by atoms with Gasteiger partial charge in [0.1, 0.15) is 12.1 Å². The van der Waals surface area contributed by atoms with Gasteiger partial charge in [0.25, 0.3) is 5.91 Å². The van der Waals surface area contributed by atoms with E-state index in [4.69, 9.17) is 14.2 Å². The lowest BCUT2D eigenvalue weighted by atomic mass is 9.73. The third-order valence-electron chi connectivity index (χ3n) is 8.53. The molecule has 1 aromatic heterocycles. The van der Waals surface area contributed by atoms with Gasteiger partial charge < -0.3 is 24.2 Å². The molecule has 228 valence electrons. The molecule has 2 aliphatic heterocycles. The number of benzene rings is 1. The van der Waals surface area contributed by atoms with E-state index < -0.39 is 59.2 Å². The van der Waals surface area contributed by atoms with Crippen LogP contribution in [0.5, 0.6) is 5.88 Å². The Morgan fingerprint density at radius 2 is 1.81 bits per heavy atom. The number of ether oxygens (including phenoxy) is 3. The van der Waals surface area contributed by atoms with E-state index in [0.717, 1.165) is 30.0 Å². The lowest BCUT2D eigenvalue weighted by Gasteiger charge is -2.35. The number of carboxylic acid groups (broad SMARTS) is 1. The van der Waals surface area contributed by atoms with Crippen molar-refractivity contribution in [1.82, 2.24) is 9.88 Å². The number of hydrogen-bond acceptors (Lipinski definition) is 6. The molecule has 1 amide bonds. The number of carboxylic acids is 1. The zero-order chi connectivity index (χ0) is 30.4. The minimum atomic E-state index is -4.63. The Labute approximate surface area is 243 Å². The highest BCUT2D eigenvalue weighted by atomic mass is 19.4. The van der Waals surface area contributed by atoms with E-state index >= 15 is 0 Å². The van der Waals surface area contributed by atoms with Crippen molar-refractivity contribution in [2.45, 2.75) is 89.4 Å². The minimum absolute atomic E-state index is 0.0229. The summed E-state index contributed by atoms with van der Waals surface area (Å²) in [5.74, 6) is -2.02. The number of halogens is 3. The van der Waals surface area contributed by atoms with E-state index in [9.17, 15) is 27.9 Å². The maximum absolute atomic E-state index is 14.1. The van der Waals surface area contributed by atoms with Crippen molar-refractivity contribution in [3.8, 4) is 5.88 Å². The van der Waals surface area contributed by atoms with Crippen LogP contribution in [0.25, 0.3) is 0 Å². The van der Waals surface area contributed by atoms with Crippen molar-refractivity contribution in [3.05, 3.63) is 58.8 Å². The average Bonchev–Trinajstić information content (AvgIpc) is 3.50. The van der Waals surface area contributed by atoms with Gasteiger partial charge in [-0.25, -0.2) is 9.78 Å². The van der Waals surface area contributed by atoms with Crippen molar-refractivity contribution in [2.75, 3.05) is 13.7 Å². The number of rotatable bonds is 8. The topological polar surface area (TPSA) is 98.2 Å². The molecule has 0 unspecified atom stereocenters. The van der Waals surface area contributed by atoms with Crippen molar-refractivity contribution in [1.29, 1.82) is 0 Å². The summed E-state index contributed by atoms with van der Waals surface area (Å²) in [4.78, 5) is 32.4. The Morgan fingerprint density at radius 3 is 2.36 bits per heavy atom. The van der Waals surface area contributed by atoms with E-state index in [1.54, 1.807) is 0 Å². The smallest absolute Gasteiger partial charge is 0.417 e. The molecule has 2 saturated heterocycles. The number of aromatic nitrogens is 1. The standard InChI is InChI=1S/C31H37F3N2O6/c1-30(2,3)23-25(29(38)39)36(28(37)22-10-7-13-41-22)24(21-9-6-5-8-20(21)17-11-12-17)26(23)42-16-18-14-19(31(32,33)34)15-35-27(18)40-4/h5-6,8-9,14-15,17,22-26H,7,10-13,16H2,1-4H3,(H,38,39)/t22-,23+,24-,25-,26-/m0/s1. The molecule has 5 rings (SSSR count).